The number of hydrogen-bond acceptors (Lipinski definition) is 3. The minimum absolute atomic E-state index is 0.0157. The van der Waals surface area contributed by atoms with Crippen molar-refractivity contribution in [3.8, 4) is 0 Å². The third-order valence-electron chi connectivity index (χ3n) is 20.1. The Bertz CT molecular complexity index is 1650. The minimum Gasteiger partial charge on any atom is -0.469 e. The highest BCUT2D eigenvalue weighted by atomic mass is 16.5. The van der Waals surface area contributed by atoms with Crippen LogP contribution in [0.5, 0.6) is 0 Å². The first-order chi connectivity index (χ1) is 33.4. The van der Waals surface area contributed by atoms with Crippen LogP contribution in [0.15, 0.2) is 48.5 Å². The molecule has 0 heterocycles. The molecule has 380 valence electrons. The number of methoxy groups -OCH3 is 1. The summed E-state index contributed by atoms with van der Waals surface area (Å²) in [5, 5.41) is 0. The summed E-state index contributed by atoms with van der Waals surface area (Å²) >= 11 is 0. The number of unbranched alkanes of at least 4 members (excludes halogenated alkanes) is 4. The topological polar surface area (TPSA) is 43.4 Å². The van der Waals surface area contributed by atoms with Crippen LogP contribution in [0, 0.1) is 59.2 Å². The van der Waals surface area contributed by atoms with E-state index in [9.17, 15) is 9.59 Å². The Morgan fingerprint density at radius 2 is 0.779 bits per heavy atom. The Labute approximate surface area is 418 Å². The number of carbonyl (C=O) groups excluding carboxylic acids is 2. The van der Waals surface area contributed by atoms with Crippen LogP contribution in [0.3, 0.4) is 0 Å². The van der Waals surface area contributed by atoms with Gasteiger partial charge in [0.25, 0.3) is 0 Å². The minimum atomic E-state index is -0.0157. The van der Waals surface area contributed by atoms with Crippen LogP contribution in [0.4, 0.5) is 0 Å². The molecule has 6 fully saturated rings. The molecule has 0 aliphatic heterocycles. The normalized spacial score (nSPS) is 32.3. The summed E-state index contributed by atoms with van der Waals surface area (Å²) in [7, 11) is 1.51. The van der Waals surface area contributed by atoms with Gasteiger partial charge in [-0.1, -0.05) is 165 Å². The number of esters is 1. The molecule has 2 aromatic carbocycles. The predicted molar refractivity (Wildman–Crippen MR) is 287 cm³/mol. The largest absolute Gasteiger partial charge is 0.469 e. The zero-order valence-electron chi connectivity index (χ0n) is 44.3. The van der Waals surface area contributed by atoms with Crippen molar-refractivity contribution in [1.82, 2.24) is 0 Å². The average Bonchev–Trinajstić information content (AvgIpc) is 3.41. The molecular weight excluding hydrogens is 829 g/mol. The number of aryl methyl sites for hydroxylation is 2. The molecule has 0 amide bonds. The van der Waals surface area contributed by atoms with Crippen molar-refractivity contribution in [2.75, 3.05) is 7.11 Å². The van der Waals surface area contributed by atoms with Crippen molar-refractivity contribution in [3.63, 3.8) is 0 Å². The first-order valence-electron chi connectivity index (χ1n) is 30.1. The quantitative estimate of drug-likeness (QED) is 0.0755. The van der Waals surface area contributed by atoms with Gasteiger partial charge in [-0.2, -0.15) is 0 Å². The molecule has 0 atom stereocenters. The number of aldehydes is 1. The van der Waals surface area contributed by atoms with Crippen LogP contribution in [-0.2, 0) is 27.2 Å². The van der Waals surface area contributed by atoms with E-state index in [1.54, 1.807) is 0 Å². The van der Waals surface area contributed by atoms with Crippen molar-refractivity contribution in [2.45, 2.75) is 257 Å². The molecule has 6 aliphatic carbocycles. The first kappa shape index (κ1) is 53.4. The molecule has 8 rings (SSSR count). The molecule has 68 heavy (non-hydrogen) atoms. The fraction of sp³-hybridized carbons (Fsp3) is 0.785. The lowest BCUT2D eigenvalue weighted by Crippen LogP contribution is -2.26. The van der Waals surface area contributed by atoms with Gasteiger partial charge in [-0.25, -0.2) is 0 Å². The van der Waals surface area contributed by atoms with E-state index in [0.717, 1.165) is 85.9 Å². The third-order valence-corrected chi connectivity index (χ3v) is 20.1. The SMILES string of the molecule is CCCCCC1CCC(C2CCC(CCc3ccc(C4CCC(C(=O)OC)CC4)cc3)CC2)CC1.CCCCCC1CCC(C2CCC(CCc3ccc(C4CCC(C=O)CC4)cc3)CC2)CC1. The van der Waals surface area contributed by atoms with E-state index in [2.05, 4.69) is 62.4 Å². The lowest BCUT2D eigenvalue weighted by molar-refractivity contribution is -0.146. The van der Waals surface area contributed by atoms with Crippen LogP contribution >= 0.6 is 0 Å². The zero-order chi connectivity index (χ0) is 47.3. The van der Waals surface area contributed by atoms with E-state index < -0.39 is 0 Å². The summed E-state index contributed by atoms with van der Waals surface area (Å²) in [4.78, 5) is 22.8. The Hall–Kier alpha value is -2.42. The van der Waals surface area contributed by atoms with Crippen molar-refractivity contribution >= 4 is 12.3 Å². The second-order valence-electron chi connectivity index (χ2n) is 24.5. The van der Waals surface area contributed by atoms with E-state index >= 15 is 0 Å². The summed E-state index contributed by atoms with van der Waals surface area (Å²) < 4.78 is 4.94. The number of ether oxygens (including phenoxy) is 1. The molecule has 0 aromatic heterocycles. The van der Waals surface area contributed by atoms with Crippen molar-refractivity contribution in [1.29, 1.82) is 0 Å². The highest BCUT2D eigenvalue weighted by Gasteiger charge is 2.33. The lowest BCUT2D eigenvalue weighted by Gasteiger charge is -2.38. The number of carbonyl (C=O) groups is 2. The summed E-state index contributed by atoms with van der Waals surface area (Å²) in [6.45, 7) is 4.65. The van der Waals surface area contributed by atoms with Gasteiger partial charge >= 0.3 is 5.97 Å². The summed E-state index contributed by atoms with van der Waals surface area (Å²) in [6.07, 6.45) is 50.9. The van der Waals surface area contributed by atoms with Crippen LogP contribution in [0.2, 0.25) is 0 Å². The summed E-state index contributed by atoms with van der Waals surface area (Å²) in [5.41, 5.74) is 6.02. The Morgan fingerprint density at radius 1 is 0.441 bits per heavy atom. The maximum atomic E-state index is 11.8. The molecule has 0 spiro atoms. The van der Waals surface area contributed by atoms with Gasteiger partial charge in [0.1, 0.15) is 6.29 Å². The van der Waals surface area contributed by atoms with Crippen molar-refractivity contribution in [2.24, 2.45) is 59.2 Å². The second kappa shape index (κ2) is 29.2. The Balaban J connectivity index is 0.000000202. The monoisotopic (exact) mass is 931 g/mol. The number of hydrogen-bond donors (Lipinski definition) is 0. The highest BCUT2D eigenvalue weighted by Crippen LogP contribution is 2.45. The molecule has 0 N–H and O–H groups in total. The molecule has 6 saturated carbocycles. The van der Waals surface area contributed by atoms with Crippen LogP contribution in [0.25, 0.3) is 0 Å². The van der Waals surface area contributed by atoms with E-state index in [-0.39, 0.29) is 11.9 Å². The number of rotatable bonds is 20. The fourth-order valence-corrected chi connectivity index (χ4v) is 15.2. The summed E-state index contributed by atoms with van der Waals surface area (Å²) in [6, 6.07) is 19.1. The van der Waals surface area contributed by atoms with Crippen LogP contribution in [-0.4, -0.2) is 19.4 Å². The molecule has 0 saturated heterocycles. The van der Waals surface area contributed by atoms with Gasteiger partial charge in [0.15, 0.2) is 0 Å². The van der Waals surface area contributed by atoms with Crippen LogP contribution in [0.1, 0.15) is 266 Å². The molecular formula is C65H102O3. The molecule has 0 radical (unpaired) electrons. The zero-order valence-corrected chi connectivity index (χ0v) is 44.3. The third kappa shape index (κ3) is 16.8. The Morgan fingerprint density at radius 3 is 1.10 bits per heavy atom. The molecule has 2 aromatic rings. The second-order valence-corrected chi connectivity index (χ2v) is 24.5. The van der Waals surface area contributed by atoms with Gasteiger partial charge in [-0.05, 0) is 210 Å². The number of benzene rings is 2. The molecule has 0 bridgehead atoms. The van der Waals surface area contributed by atoms with E-state index in [0.29, 0.717) is 17.8 Å². The van der Waals surface area contributed by atoms with E-state index in [1.165, 1.54) is 228 Å². The maximum absolute atomic E-state index is 11.8. The molecule has 6 aliphatic rings. The maximum Gasteiger partial charge on any atom is 0.308 e. The van der Waals surface area contributed by atoms with Gasteiger partial charge in [0.05, 0.1) is 13.0 Å². The first-order valence-corrected chi connectivity index (χ1v) is 30.1. The van der Waals surface area contributed by atoms with Crippen molar-refractivity contribution in [3.05, 3.63) is 70.8 Å². The smallest absolute Gasteiger partial charge is 0.308 e. The van der Waals surface area contributed by atoms with Gasteiger partial charge < -0.3 is 9.53 Å². The van der Waals surface area contributed by atoms with Gasteiger partial charge in [0, 0.05) is 5.92 Å². The molecule has 0 unspecified atom stereocenters. The summed E-state index contributed by atoms with van der Waals surface area (Å²) in [5.74, 6) is 9.94. The predicted octanol–water partition coefficient (Wildman–Crippen LogP) is 18.5. The van der Waals surface area contributed by atoms with Gasteiger partial charge in [0.2, 0.25) is 0 Å². The van der Waals surface area contributed by atoms with Crippen molar-refractivity contribution < 1.29 is 14.3 Å². The fourth-order valence-electron chi connectivity index (χ4n) is 15.2. The molecule has 3 nitrogen and oxygen atoms in total. The Kier molecular flexibility index (Phi) is 22.9. The van der Waals surface area contributed by atoms with Gasteiger partial charge in [-0.15, -0.1) is 0 Å². The van der Waals surface area contributed by atoms with E-state index in [4.69, 9.17) is 4.74 Å². The highest BCUT2D eigenvalue weighted by molar-refractivity contribution is 5.72. The average molecular weight is 932 g/mol. The van der Waals surface area contributed by atoms with E-state index in [1.807, 2.05) is 0 Å². The lowest BCUT2D eigenvalue weighted by atomic mass is 9.68. The van der Waals surface area contributed by atoms with Crippen LogP contribution < -0.4 is 0 Å². The standard InChI is InChI=1S/C33H52O2.C32H50O/c1-3-4-5-6-25-9-15-28(16-10-25)29-17-11-26(12-18-29)7-8-27-13-19-30(20-14-27)31-21-23-32(24-22-31)33(34)35-2;1-2-3-4-5-25-8-16-29(17-9-25)30-18-10-26(11-19-30)6-7-27-12-20-31(21-13-27)32-22-14-28(24-33)15-23-32/h13-14,19-20,25-26,28-29,31-32H,3-12,15-18,21-24H2,1-2H3;12-13,20-21,24-26,28-30,32H,2-11,14-19,22-23H2,1H3. The van der Waals surface area contributed by atoms with Gasteiger partial charge in [-0.3, -0.25) is 4.79 Å². The molecule has 3 heteroatoms.